The van der Waals surface area contributed by atoms with Crippen molar-refractivity contribution in [2.45, 2.75) is 43.6 Å². The van der Waals surface area contributed by atoms with E-state index in [4.69, 9.17) is 5.26 Å². The Hall–Kier alpha value is -3.37. The lowest BCUT2D eigenvalue weighted by molar-refractivity contribution is -0.121. The molecule has 2 aromatic heterocycles. The molecule has 2 aliphatic carbocycles. The Balaban J connectivity index is 1.24. The molecule has 0 saturated heterocycles. The van der Waals surface area contributed by atoms with Crippen LogP contribution >= 0.6 is 0 Å². The summed E-state index contributed by atoms with van der Waals surface area (Å²) in [5.74, 6) is 0.464. The summed E-state index contributed by atoms with van der Waals surface area (Å²) in [7, 11) is 0. The van der Waals surface area contributed by atoms with Gasteiger partial charge in [-0.15, -0.1) is 0 Å². The molecule has 0 bridgehead atoms. The van der Waals surface area contributed by atoms with Gasteiger partial charge in [-0.25, -0.2) is 9.37 Å². The molecule has 0 spiro atoms. The third-order valence-corrected chi connectivity index (χ3v) is 6.95. The zero-order chi connectivity index (χ0) is 22.3. The van der Waals surface area contributed by atoms with E-state index < -0.39 is 5.60 Å². The fourth-order valence-electron chi connectivity index (χ4n) is 5.70. The molecular formula is C25H23FN4O2. The van der Waals surface area contributed by atoms with Gasteiger partial charge >= 0.3 is 0 Å². The van der Waals surface area contributed by atoms with Crippen LogP contribution in [0.2, 0.25) is 0 Å². The summed E-state index contributed by atoms with van der Waals surface area (Å²) in [6.07, 6.45) is 6.27. The van der Waals surface area contributed by atoms with Crippen molar-refractivity contribution in [3.05, 3.63) is 65.9 Å². The van der Waals surface area contributed by atoms with E-state index in [0.29, 0.717) is 36.3 Å². The number of hydrogen-bond acceptors (Lipinski definition) is 5. The highest BCUT2D eigenvalue weighted by Gasteiger charge is 2.49. The minimum absolute atomic E-state index is 0.0358. The summed E-state index contributed by atoms with van der Waals surface area (Å²) >= 11 is 0. The Morgan fingerprint density at radius 3 is 2.66 bits per heavy atom. The number of carbonyl (C=O) groups is 1. The number of nitrogens with one attached hydrogen (secondary N) is 1. The van der Waals surface area contributed by atoms with Crippen molar-refractivity contribution >= 4 is 22.5 Å². The molecule has 2 N–H and O–H groups in total. The minimum atomic E-state index is -1.02. The van der Waals surface area contributed by atoms with Crippen molar-refractivity contribution < 1.29 is 14.3 Å². The van der Waals surface area contributed by atoms with Gasteiger partial charge in [-0.3, -0.25) is 9.78 Å². The van der Waals surface area contributed by atoms with Crippen molar-refractivity contribution in [3.63, 3.8) is 0 Å². The predicted molar refractivity (Wildman–Crippen MR) is 117 cm³/mol. The number of aromatic nitrogens is 2. The van der Waals surface area contributed by atoms with Crippen molar-refractivity contribution in [3.8, 4) is 6.07 Å². The standard InChI is InChI=1S/C25H23FN4O2/c26-18-1-4-23-22(9-18)21(5-6-28-23)15-7-16-10-25(32,11-17(16)8-15)12-24(31)30-20-3-2-19(13-27)29-14-20/h1-6,9,14-17,32H,7-8,10-12H2,(H,30,31)/t15?,16-,17+,25?. The van der Waals surface area contributed by atoms with Crippen LogP contribution in [0.15, 0.2) is 48.8 Å². The van der Waals surface area contributed by atoms with E-state index in [2.05, 4.69) is 15.3 Å². The van der Waals surface area contributed by atoms with E-state index >= 15 is 0 Å². The third kappa shape index (κ3) is 3.94. The van der Waals surface area contributed by atoms with Crippen LogP contribution in [-0.4, -0.2) is 26.6 Å². The van der Waals surface area contributed by atoms with Gasteiger partial charge in [0.05, 0.1) is 29.4 Å². The lowest BCUT2D eigenvalue weighted by Crippen LogP contribution is -2.32. The largest absolute Gasteiger partial charge is 0.389 e. The van der Waals surface area contributed by atoms with Crippen LogP contribution in [0, 0.1) is 29.0 Å². The van der Waals surface area contributed by atoms with Crippen LogP contribution in [0.5, 0.6) is 0 Å². The van der Waals surface area contributed by atoms with Gasteiger partial charge in [-0.1, -0.05) is 0 Å². The Morgan fingerprint density at radius 1 is 1.19 bits per heavy atom. The summed E-state index contributed by atoms with van der Waals surface area (Å²) in [6.45, 7) is 0. The fourth-order valence-corrected chi connectivity index (χ4v) is 5.70. The molecule has 5 rings (SSSR count). The van der Waals surface area contributed by atoms with E-state index in [0.717, 1.165) is 29.3 Å². The molecular weight excluding hydrogens is 407 g/mol. The van der Waals surface area contributed by atoms with E-state index in [1.165, 1.54) is 12.3 Å². The summed E-state index contributed by atoms with van der Waals surface area (Å²) in [5, 5.41) is 23.6. The number of hydrogen-bond donors (Lipinski definition) is 2. The summed E-state index contributed by atoms with van der Waals surface area (Å²) < 4.78 is 13.8. The van der Waals surface area contributed by atoms with Gasteiger partial charge in [0.15, 0.2) is 0 Å². The van der Waals surface area contributed by atoms with Crippen LogP contribution in [0.25, 0.3) is 10.9 Å². The van der Waals surface area contributed by atoms with E-state index in [1.807, 2.05) is 12.1 Å². The molecule has 2 heterocycles. The SMILES string of the molecule is N#Cc1ccc(NC(=O)CC2(O)C[C@H]3CC(c4ccnc5ccc(F)cc45)C[C@H]3C2)cn1. The highest BCUT2D eigenvalue weighted by atomic mass is 19.1. The molecule has 2 fully saturated rings. The van der Waals surface area contributed by atoms with Crippen molar-refractivity contribution in [1.82, 2.24) is 9.97 Å². The summed E-state index contributed by atoms with van der Waals surface area (Å²) in [5.41, 5.74) is 1.69. The van der Waals surface area contributed by atoms with Gasteiger partial charge in [0.25, 0.3) is 0 Å². The number of nitriles is 1. The Kier molecular flexibility index (Phi) is 5.10. The van der Waals surface area contributed by atoms with Gasteiger partial charge in [0.1, 0.15) is 17.6 Å². The molecule has 32 heavy (non-hydrogen) atoms. The molecule has 3 aromatic rings. The normalized spacial score (nSPS) is 26.6. The second-order valence-electron chi connectivity index (χ2n) is 9.15. The number of nitrogens with zero attached hydrogens (tertiary/aromatic N) is 3. The maximum absolute atomic E-state index is 13.8. The lowest BCUT2D eigenvalue weighted by atomic mass is 9.87. The number of carbonyl (C=O) groups excluding carboxylic acids is 1. The molecule has 2 saturated carbocycles. The minimum Gasteiger partial charge on any atom is -0.389 e. The van der Waals surface area contributed by atoms with E-state index in [1.54, 1.807) is 30.5 Å². The van der Waals surface area contributed by atoms with Gasteiger partial charge in [0.2, 0.25) is 5.91 Å². The second-order valence-corrected chi connectivity index (χ2v) is 9.15. The zero-order valence-corrected chi connectivity index (χ0v) is 17.5. The topological polar surface area (TPSA) is 98.9 Å². The lowest BCUT2D eigenvalue weighted by Gasteiger charge is -2.24. The smallest absolute Gasteiger partial charge is 0.227 e. The predicted octanol–water partition coefficient (Wildman–Crippen LogP) is 4.30. The Bertz CT molecular complexity index is 1210. The third-order valence-electron chi connectivity index (χ3n) is 6.95. The maximum Gasteiger partial charge on any atom is 0.227 e. The Labute approximate surface area is 185 Å². The number of pyridine rings is 2. The first-order valence-corrected chi connectivity index (χ1v) is 10.8. The van der Waals surface area contributed by atoms with E-state index in [9.17, 15) is 14.3 Å². The molecule has 1 aromatic carbocycles. The van der Waals surface area contributed by atoms with Crippen molar-refractivity contribution in [2.24, 2.45) is 11.8 Å². The Morgan fingerprint density at radius 2 is 1.97 bits per heavy atom. The monoisotopic (exact) mass is 430 g/mol. The first kappa shape index (κ1) is 20.5. The summed E-state index contributed by atoms with van der Waals surface area (Å²) in [4.78, 5) is 20.8. The van der Waals surface area contributed by atoms with Crippen LogP contribution in [0.3, 0.4) is 0 Å². The number of fused-ring (bicyclic) bond motifs is 2. The first-order valence-electron chi connectivity index (χ1n) is 10.8. The molecule has 6 nitrogen and oxygen atoms in total. The number of benzene rings is 1. The maximum atomic E-state index is 13.8. The molecule has 162 valence electrons. The highest BCUT2D eigenvalue weighted by Crippen LogP contribution is 2.55. The molecule has 7 heteroatoms. The number of anilines is 1. The number of amides is 1. The molecule has 2 unspecified atom stereocenters. The first-order chi connectivity index (χ1) is 15.4. The quantitative estimate of drug-likeness (QED) is 0.643. The molecule has 0 aliphatic heterocycles. The van der Waals surface area contributed by atoms with Gasteiger partial charge in [-0.2, -0.15) is 5.26 Å². The highest BCUT2D eigenvalue weighted by molar-refractivity contribution is 5.91. The number of aliphatic hydroxyl groups is 1. The van der Waals surface area contributed by atoms with Crippen LogP contribution < -0.4 is 5.32 Å². The van der Waals surface area contributed by atoms with Crippen molar-refractivity contribution in [1.29, 1.82) is 5.26 Å². The van der Waals surface area contributed by atoms with Crippen LogP contribution in [0.4, 0.5) is 10.1 Å². The average molecular weight is 430 g/mol. The second kappa shape index (κ2) is 7.95. The zero-order valence-electron chi connectivity index (χ0n) is 17.5. The van der Waals surface area contributed by atoms with E-state index in [-0.39, 0.29) is 23.8 Å². The van der Waals surface area contributed by atoms with Crippen LogP contribution in [-0.2, 0) is 4.79 Å². The van der Waals surface area contributed by atoms with Crippen LogP contribution in [0.1, 0.15) is 49.3 Å². The number of halogens is 1. The molecule has 2 aliphatic rings. The molecule has 1 amide bonds. The van der Waals surface area contributed by atoms with Gasteiger partial charge < -0.3 is 10.4 Å². The summed E-state index contributed by atoms with van der Waals surface area (Å²) in [6, 6.07) is 11.8. The van der Waals surface area contributed by atoms with Gasteiger partial charge in [0, 0.05) is 11.6 Å². The fraction of sp³-hybridized carbons (Fsp3) is 0.360. The molecule has 4 atom stereocenters. The molecule has 0 radical (unpaired) electrons. The van der Waals surface area contributed by atoms with Gasteiger partial charge in [-0.05, 0) is 85.4 Å². The number of rotatable bonds is 4. The van der Waals surface area contributed by atoms with Crippen molar-refractivity contribution in [2.75, 3.05) is 5.32 Å². The average Bonchev–Trinajstić information content (AvgIpc) is 3.28.